The number of pyridine rings is 1. The van der Waals surface area contributed by atoms with E-state index < -0.39 is 0 Å². The molecule has 0 aliphatic carbocycles. The van der Waals surface area contributed by atoms with Gasteiger partial charge in [0.2, 0.25) is 0 Å². The molecule has 1 aromatic heterocycles. The summed E-state index contributed by atoms with van der Waals surface area (Å²) in [7, 11) is 0. The average molecular weight is 257 g/mol. The van der Waals surface area contributed by atoms with Crippen LogP contribution in [0.15, 0.2) is 42.6 Å². The topological polar surface area (TPSA) is 68.1 Å². The average Bonchev–Trinajstić information content (AvgIpc) is 2.39. The lowest BCUT2D eigenvalue weighted by Crippen LogP contribution is -2.08. The molecular formula is C14H15N3O2. The van der Waals surface area contributed by atoms with Gasteiger partial charge in [0, 0.05) is 24.0 Å². The molecule has 1 N–H and O–H groups in total. The van der Waals surface area contributed by atoms with Crippen LogP contribution in [0.5, 0.6) is 0 Å². The molecule has 2 rings (SSSR count). The number of nitro benzene ring substituents is 1. The van der Waals surface area contributed by atoms with Crippen LogP contribution in [0.4, 0.5) is 11.4 Å². The highest BCUT2D eigenvalue weighted by atomic mass is 16.6. The second kappa shape index (κ2) is 5.48. The minimum Gasteiger partial charge on any atom is -0.377 e. The van der Waals surface area contributed by atoms with E-state index >= 15 is 0 Å². The van der Waals surface area contributed by atoms with E-state index in [0.717, 1.165) is 16.9 Å². The Kier molecular flexibility index (Phi) is 3.75. The van der Waals surface area contributed by atoms with Crippen LogP contribution in [-0.4, -0.2) is 9.91 Å². The number of hydrogen-bond donors (Lipinski definition) is 1. The highest BCUT2D eigenvalue weighted by molar-refractivity contribution is 5.54. The fraction of sp³-hybridized carbons (Fsp3) is 0.214. The van der Waals surface area contributed by atoms with Gasteiger partial charge in [-0.3, -0.25) is 15.1 Å². The van der Waals surface area contributed by atoms with Crippen LogP contribution in [0.2, 0.25) is 0 Å². The van der Waals surface area contributed by atoms with E-state index in [9.17, 15) is 10.1 Å². The quantitative estimate of drug-likeness (QED) is 0.672. The Morgan fingerprint density at radius 1 is 1.32 bits per heavy atom. The molecule has 0 spiro atoms. The van der Waals surface area contributed by atoms with Gasteiger partial charge in [-0.05, 0) is 37.6 Å². The van der Waals surface area contributed by atoms with Crippen molar-refractivity contribution in [1.29, 1.82) is 0 Å². The number of nitrogens with zero attached hydrogens (tertiary/aromatic N) is 2. The second-order valence-electron chi connectivity index (χ2n) is 4.43. The first-order valence-electron chi connectivity index (χ1n) is 6.00. The fourth-order valence-electron chi connectivity index (χ4n) is 1.91. The Morgan fingerprint density at radius 2 is 2.11 bits per heavy atom. The first-order valence-corrected chi connectivity index (χ1v) is 6.00. The maximum atomic E-state index is 10.8. The zero-order valence-electron chi connectivity index (χ0n) is 10.8. The SMILES string of the molecule is Cc1cc(NC(C)c2ccccn2)cc([N+](=O)[O-])c1. The fourth-order valence-corrected chi connectivity index (χ4v) is 1.91. The zero-order valence-corrected chi connectivity index (χ0v) is 10.8. The number of nitrogens with one attached hydrogen (secondary N) is 1. The van der Waals surface area contributed by atoms with Crippen molar-refractivity contribution in [3.05, 3.63) is 64.0 Å². The second-order valence-corrected chi connectivity index (χ2v) is 4.43. The molecule has 19 heavy (non-hydrogen) atoms. The Morgan fingerprint density at radius 3 is 2.74 bits per heavy atom. The Hall–Kier alpha value is -2.43. The number of aryl methyl sites for hydroxylation is 1. The monoisotopic (exact) mass is 257 g/mol. The molecule has 0 aliphatic rings. The van der Waals surface area contributed by atoms with Crippen molar-refractivity contribution >= 4 is 11.4 Å². The summed E-state index contributed by atoms with van der Waals surface area (Å²) >= 11 is 0. The Bertz CT molecular complexity index is 584. The van der Waals surface area contributed by atoms with Crippen LogP contribution >= 0.6 is 0 Å². The third-order valence-corrected chi connectivity index (χ3v) is 2.79. The minimum absolute atomic E-state index is 0.0115. The lowest BCUT2D eigenvalue weighted by molar-refractivity contribution is -0.384. The summed E-state index contributed by atoms with van der Waals surface area (Å²) in [5, 5.41) is 14.1. The number of non-ortho nitro benzene ring substituents is 1. The molecule has 2 aromatic rings. The summed E-state index contributed by atoms with van der Waals surface area (Å²) < 4.78 is 0. The Balaban J connectivity index is 2.21. The largest absolute Gasteiger partial charge is 0.377 e. The van der Waals surface area contributed by atoms with Crippen molar-refractivity contribution < 1.29 is 4.92 Å². The standard InChI is InChI=1S/C14H15N3O2/c1-10-7-12(9-13(8-10)17(18)19)16-11(2)14-5-3-4-6-15-14/h3-9,11,16H,1-2H3. The summed E-state index contributed by atoms with van der Waals surface area (Å²) in [6.45, 7) is 3.81. The van der Waals surface area contributed by atoms with Crippen LogP contribution < -0.4 is 5.32 Å². The lowest BCUT2D eigenvalue weighted by Gasteiger charge is -2.15. The molecule has 0 saturated heterocycles. The number of anilines is 1. The molecule has 5 heteroatoms. The molecule has 1 aromatic carbocycles. The van der Waals surface area contributed by atoms with E-state index in [4.69, 9.17) is 0 Å². The number of rotatable bonds is 4. The van der Waals surface area contributed by atoms with Gasteiger partial charge in [0.05, 0.1) is 16.7 Å². The van der Waals surface area contributed by atoms with E-state index in [0.29, 0.717) is 0 Å². The number of hydrogen-bond acceptors (Lipinski definition) is 4. The van der Waals surface area contributed by atoms with Crippen LogP contribution in [0.25, 0.3) is 0 Å². The van der Waals surface area contributed by atoms with Crippen LogP contribution in [0.3, 0.4) is 0 Å². The highest BCUT2D eigenvalue weighted by Gasteiger charge is 2.11. The van der Waals surface area contributed by atoms with Gasteiger partial charge in [-0.15, -0.1) is 0 Å². The van der Waals surface area contributed by atoms with Crippen molar-refractivity contribution in [2.45, 2.75) is 19.9 Å². The maximum Gasteiger partial charge on any atom is 0.271 e. The predicted octanol–water partition coefficient (Wildman–Crippen LogP) is 3.47. The van der Waals surface area contributed by atoms with Crippen LogP contribution in [0.1, 0.15) is 24.2 Å². The molecule has 1 atom stereocenters. The lowest BCUT2D eigenvalue weighted by atomic mass is 10.1. The molecule has 1 unspecified atom stereocenters. The van der Waals surface area contributed by atoms with Gasteiger partial charge in [0.25, 0.3) is 5.69 Å². The van der Waals surface area contributed by atoms with Crippen LogP contribution in [0, 0.1) is 17.0 Å². The first kappa shape index (κ1) is 13.0. The minimum atomic E-state index is -0.385. The van der Waals surface area contributed by atoms with Gasteiger partial charge in [-0.25, -0.2) is 0 Å². The third-order valence-electron chi connectivity index (χ3n) is 2.79. The van der Waals surface area contributed by atoms with Gasteiger partial charge in [-0.1, -0.05) is 6.07 Å². The summed E-state index contributed by atoms with van der Waals surface area (Å²) in [5.41, 5.74) is 2.57. The molecular weight excluding hydrogens is 242 g/mol. The van der Waals surface area contributed by atoms with Gasteiger partial charge < -0.3 is 5.32 Å². The predicted molar refractivity (Wildman–Crippen MR) is 74.1 cm³/mol. The number of nitro groups is 1. The molecule has 0 amide bonds. The van der Waals surface area contributed by atoms with Crippen molar-refractivity contribution in [2.24, 2.45) is 0 Å². The van der Waals surface area contributed by atoms with Crippen molar-refractivity contribution in [3.63, 3.8) is 0 Å². The maximum absolute atomic E-state index is 10.8. The summed E-state index contributed by atoms with van der Waals surface area (Å²) in [6.07, 6.45) is 1.73. The highest BCUT2D eigenvalue weighted by Crippen LogP contribution is 2.23. The van der Waals surface area contributed by atoms with Crippen molar-refractivity contribution in [1.82, 2.24) is 4.98 Å². The normalized spacial score (nSPS) is 11.9. The van der Waals surface area contributed by atoms with E-state index in [1.54, 1.807) is 12.3 Å². The zero-order chi connectivity index (χ0) is 13.8. The summed E-state index contributed by atoms with van der Waals surface area (Å²) in [5.74, 6) is 0. The van der Waals surface area contributed by atoms with Gasteiger partial charge in [-0.2, -0.15) is 0 Å². The summed E-state index contributed by atoms with van der Waals surface area (Å²) in [4.78, 5) is 14.7. The van der Waals surface area contributed by atoms with Gasteiger partial charge >= 0.3 is 0 Å². The molecule has 0 radical (unpaired) electrons. The molecule has 0 bridgehead atoms. The smallest absolute Gasteiger partial charge is 0.271 e. The number of aromatic nitrogens is 1. The molecule has 0 aliphatic heterocycles. The molecule has 98 valence electrons. The molecule has 0 fully saturated rings. The molecule has 5 nitrogen and oxygen atoms in total. The molecule has 0 saturated carbocycles. The van der Waals surface area contributed by atoms with Gasteiger partial charge in [0.1, 0.15) is 0 Å². The van der Waals surface area contributed by atoms with E-state index in [1.807, 2.05) is 38.1 Å². The third kappa shape index (κ3) is 3.28. The van der Waals surface area contributed by atoms with Gasteiger partial charge in [0.15, 0.2) is 0 Å². The molecule has 1 heterocycles. The summed E-state index contributed by atoms with van der Waals surface area (Å²) in [6, 6.07) is 10.6. The Labute approximate surface area is 111 Å². The first-order chi connectivity index (χ1) is 9.06. The van der Waals surface area contributed by atoms with E-state index in [1.165, 1.54) is 6.07 Å². The van der Waals surface area contributed by atoms with Crippen molar-refractivity contribution in [2.75, 3.05) is 5.32 Å². The van der Waals surface area contributed by atoms with Crippen molar-refractivity contribution in [3.8, 4) is 0 Å². The van der Waals surface area contributed by atoms with E-state index in [-0.39, 0.29) is 16.7 Å². The van der Waals surface area contributed by atoms with E-state index in [2.05, 4.69) is 10.3 Å². The van der Waals surface area contributed by atoms with Crippen LogP contribution in [-0.2, 0) is 0 Å². The number of benzene rings is 1.